The van der Waals surface area contributed by atoms with Crippen LogP contribution in [0.5, 0.6) is 11.5 Å². The normalized spacial score (nSPS) is 11.1. The molecule has 0 unspecified atom stereocenters. The zero-order valence-electron chi connectivity index (χ0n) is 14.0. The predicted octanol–water partition coefficient (Wildman–Crippen LogP) is 2.76. The molecular formula is C16H21F2NO5. The van der Waals surface area contributed by atoms with Crippen LogP contribution in [-0.4, -0.2) is 37.2 Å². The van der Waals surface area contributed by atoms with Crippen molar-refractivity contribution in [1.82, 2.24) is 5.32 Å². The number of benzene rings is 1. The van der Waals surface area contributed by atoms with Crippen molar-refractivity contribution in [3.8, 4) is 11.5 Å². The molecule has 0 aliphatic carbocycles. The molecule has 0 fully saturated rings. The van der Waals surface area contributed by atoms with Crippen LogP contribution in [0.4, 0.5) is 8.78 Å². The molecule has 24 heavy (non-hydrogen) atoms. The van der Waals surface area contributed by atoms with Crippen molar-refractivity contribution in [1.29, 1.82) is 0 Å². The van der Waals surface area contributed by atoms with E-state index in [-0.39, 0.29) is 23.7 Å². The fraction of sp³-hybridized carbons (Fsp3) is 0.500. The first-order chi connectivity index (χ1) is 11.1. The molecule has 0 saturated heterocycles. The molecule has 0 radical (unpaired) electrons. The molecule has 0 aliphatic heterocycles. The van der Waals surface area contributed by atoms with Gasteiger partial charge in [-0.05, 0) is 45.9 Å². The molecule has 1 N–H and O–H groups in total. The minimum Gasteiger partial charge on any atom is -0.490 e. The van der Waals surface area contributed by atoms with Crippen molar-refractivity contribution in [2.75, 3.05) is 13.2 Å². The Labute approximate surface area is 139 Å². The first-order valence-corrected chi connectivity index (χ1v) is 7.32. The Morgan fingerprint density at radius 3 is 2.42 bits per heavy atom. The van der Waals surface area contributed by atoms with Crippen molar-refractivity contribution >= 4 is 11.9 Å². The highest BCUT2D eigenvalue weighted by molar-refractivity contribution is 5.92. The maximum absolute atomic E-state index is 12.3. The zero-order valence-corrected chi connectivity index (χ0v) is 14.0. The summed E-state index contributed by atoms with van der Waals surface area (Å²) >= 11 is 0. The van der Waals surface area contributed by atoms with Gasteiger partial charge in [0, 0.05) is 5.54 Å². The van der Waals surface area contributed by atoms with Crippen LogP contribution in [0.25, 0.3) is 0 Å². The van der Waals surface area contributed by atoms with Gasteiger partial charge < -0.3 is 19.5 Å². The van der Waals surface area contributed by atoms with E-state index in [0.717, 1.165) is 0 Å². The lowest BCUT2D eigenvalue weighted by atomic mass is 10.1. The van der Waals surface area contributed by atoms with Gasteiger partial charge in [-0.1, -0.05) is 0 Å². The summed E-state index contributed by atoms with van der Waals surface area (Å²) in [6.45, 7) is 3.78. The van der Waals surface area contributed by atoms with Crippen LogP contribution in [-0.2, 0) is 9.53 Å². The van der Waals surface area contributed by atoms with Crippen LogP contribution < -0.4 is 14.8 Å². The van der Waals surface area contributed by atoms with Gasteiger partial charge in [0.1, 0.15) is 0 Å². The molecule has 0 bridgehead atoms. The van der Waals surface area contributed by atoms with E-state index in [1.807, 2.05) is 0 Å². The Hall–Kier alpha value is -2.38. The monoisotopic (exact) mass is 345 g/mol. The topological polar surface area (TPSA) is 73.9 Å². The van der Waals surface area contributed by atoms with Crippen molar-refractivity contribution in [2.45, 2.75) is 39.8 Å². The number of hydrogen-bond donors (Lipinski definition) is 1. The fourth-order valence-electron chi connectivity index (χ4n) is 1.77. The van der Waals surface area contributed by atoms with Crippen LogP contribution in [0.15, 0.2) is 18.2 Å². The summed E-state index contributed by atoms with van der Waals surface area (Å²) in [4.78, 5) is 23.6. The number of carbonyl (C=O) groups is 2. The van der Waals surface area contributed by atoms with Gasteiger partial charge in [-0.3, -0.25) is 4.79 Å². The summed E-state index contributed by atoms with van der Waals surface area (Å²) in [7, 11) is 0. The predicted molar refractivity (Wildman–Crippen MR) is 82.4 cm³/mol. The van der Waals surface area contributed by atoms with Gasteiger partial charge in [-0.15, -0.1) is 0 Å². The fourth-order valence-corrected chi connectivity index (χ4v) is 1.77. The van der Waals surface area contributed by atoms with E-state index in [0.29, 0.717) is 0 Å². The first-order valence-electron chi connectivity index (χ1n) is 7.32. The maximum Gasteiger partial charge on any atom is 0.387 e. The smallest absolute Gasteiger partial charge is 0.387 e. The average molecular weight is 345 g/mol. The van der Waals surface area contributed by atoms with Crippen LogP contribution in [0.2, 0.25) is 0 Å². The number of alkyl halides is 2. The van der Waals surface area contributed by atoms with Gasteiger partial charge in [-0.25, -0.2) is 4.79 Å². The lowest BCUT2D eigenvalue weighted by molar-refractivity contribution is -0.125. The number of rotatable bonds is 7. The van der Waals surface area contributed by atoms with Crippen molar-refractivity contribution in [3.63, 3.8) is 0 Å². The van der Waals surface area contributed by atoms with Crippen molar-refractivity contribution in [3.05, 3.63) is 23.8 Å². The molecule has 1 amide bonds. The molecule has 0 atom stereocenters. The van der Waals surface area contributed by atoms with Crippen molar-refractivity contribution < 1.29 is 32.6 Å². The molecule has 0 saturated carbocycles. The van der Waals surface area contributed by atoms with E-state index < -0.39 is 30.6 Å². The molecular weight excluding hydrogens is 324 g/mol. The summed E-state index contributed by atoms with van der Waals surface area (Å²) in [5.74, 6) is -1.41. The van der Waals surface area contributed by atoms with E-state index >= 15 is 0 Å². The number of esters is 1. The third-order valence-corrected chi connectivity index (χ3v) is 2.54. The first kappa shape index (κ1) is 19.7. The number of amides is 1. The third-order valence-electron chi connectivity index (χ3n) is 2.54. The van der Waals surface area contributed by atoms with Crippen LogP contribution in [0.1, 0.15) is 38.1 Å². The minimum absolute atomic E-state index is 0.00797. The Kier molecular flexibility index (Phi) is 6.94. The van der Waals surface area contributed by atoms with E-state index in [1.165, 1.54) is 18.2 Å². The summed E-state index contributed by atoms with van der Waals surface area (Å²) in [6, 6.07) is 3.67. The summed E-state index contributed by atoms with van der Waals surface area (Å²) in [5.41, 5.74) is -0.386. The summed E-state index contributed by atoms with van der Waals surface area (Å²) in [5, 5.41) is 2.64. The molecule has 134 valence electrons. The van der Waals surface area contributed by atoms with Gasteiger partial charge in [0.05, 0.1) is 12.2 Å². The highest BCUT2D eigenvalue weighted by Gasteiger charge is 2.18. The number of hydrogen-bond acceptors (Lipinski definition) is 5. The largest absolute Gasteiger partial charge is 0.490 e. The highest BCUT2D eigenvalue weighted by Crippen LogP contribution is 2.30. The Bertz CT molecular complexity index is 584. The quantitative estimate of drug-likeness (QED) is 0.769. The molecule has 6 nitrogen and oxygen atoms in total. The molecule has 8 heteroatoms. The van der Waals surface area contributed by atoms with E-state index in [2.05, 4.69) is 10.1 Å². The number of carbonyl (C=O) groups excluding carboxylic acids is 2. The number of ether oxygens (including phenoxy) is 3. The summed E-state index contributed by atoms with van der Waals surface area (Å²) < 4.78 is 39.0. The number of nitrogens with one attached hydrogen (secondary N) is 1. The maximum atomic E-state index is 12.3. The second kappa shape index (κ2) is 8.47. The van der Waals surface area contributed by atoms with E-state index in [9.17, 15) is 18.4 Å². The van der Waals surface area contributed by atoms with Gasteiger partial charge >= 0.3 is 12.6 Å². The summed E-state index contributed by atoms with van der Waals surface area (Å²) in [6.07, 6.45) is 0. The highest BCUT2D eigenvalue weighted by atomic mass is 19.3. The van der Waals surface area contributed by atoms with Gasteiger partial charge in [0.15, 0.2) is 18.1 Å². The van der Waals surface area contributed by atoms with Gasteiger partial charge in [0.25, 0.3) is 5.91 Å². The van der Waals surface area contributed by atoms with Gasteiger partial charge in [-0.2, -0.15) is 8.78 Å². The second-order valence-electron chi connectivity index (χ2n) is 5.85. The second-order valence-corrected chi connectivity index (χ2v) is 5.85. The minimum atomic E-state index is -3.01. The molecule has 1 rings (SSSR count). The number of halogens is 2. The van der Waals surface area contributed by atoms with Crippen LogP contribution >= 0.6 is 0 Å². The van der Waals surface area contributed by atoms with Crippen LogP contribution in [0, 0.1) is 0 Å². The van der Waals surface area contributed by atoms with E-state index in [1.54, 1.807) is 27.7 Å². The lowest BCUT2D eigenvalue weighted by Crippen LogP contribution is -2.42. The molecule has 1 aromatic carbocycles. The Morgan fingerprint density at radius 1 is 1.21 bits per heavy atom. The lowest BCUT2D eigenvalue weighted by Gasteiger charge is -2.20. The molecule has 0 aromatic heterocycles. The Balaban J connectivity index is 2.76. The van der Waals surface area contributed by atoms with Gasteiger partial charge in [0.2, 0.25) is 0 Å². The molecule has 1 aromatic rings. The average Bonchev–Trinajstić information content (AvgIpc) is 2.44. The third kappa shape index (κ3) is 6.80. The Morgan fingerprint density at radius 2 is 1.88 bits per heavy atom. The van der Waals surface area contributed by atoms with Crippen molar-refractivity contribution in [2.24, 2.45) is 0 Å². The molecule has 0 aliphatic rings. The van der Waals surface area contributed by atoms with Crippen LogP contribution in [0.3, 0.4) is 0 Å². The standard InChI is InChI=1S/C16H21F2NO5/c1-5-22-12-8-10(6-7-11(12)24-15(17)18)14(21)23-9-13(20)19-16(2,3)4/h6-8,15H,5,9H2,1-4H3,(H,19,20). The zero-order chi connectivity index (χ0) is 18.3. The molecule has 0 spiro atoms. The van der Waals surface area contributed by atoms with E-state index in [4.69, 9.17) is 9.47 Å². The SMILES string of the molecule is CCOc1cc(C(=O)OCC(=O)NC(C)(C)C)ccc1OC(F)F. The molecule has 0 heterocycles.